The van der Waals surface area contributed by atoms with Crippen LogP contribution in [0.3, 0.4) is 0 Å². The van der Waals surface area contributed by atoms with Crippen molar-refractivity contribution in [3.05, 3.63) is 58.4 Å². The van der Waals surface area contributed by atoms with Crippen LogP contribution in [0, 0.1) is 0 Å². The number of carbonyl (C=O) groups is 4. The second-order valence-electron chi connectivity index (χ2n) is 8.96. The summed E-state index contributed by atoms with van der Waals surface area (Å²) < 4.78 is 20.9. The largest absolute Gasteiger partial charge is 0.467 e. The molecule has 0 amide bonds. The van der Waals surface area contributed by atoms with Crippen molar-refractivity contribution in [3.8, 4) is 0 Å². The lowest BCUT2D eigenvalue weighted by molar-refractivity contribution is -0.151. The molecule has 10 nitrogen and oxygen atoms in total. The van der Waals surface area contributed by atoms with Gasteiger partial charge in [-0.1, -0.05) is 49.6 Å². The van der Waals surface area contributed by atoms with E-state index in [0.29, 0.717) is 0 Å². The van der Waals surface area contributed by atoms with Gasteiger partial charge in [-0.05, 0) is 32.3 Å². The maximum atomic E-state index is 13.5. The lowest BCUT2D eigenvalue weighted by atomic mass is 9.88. The number of esters is 4. The Bertz CT molecular complexity index is 1090. The first-order valence-corrected chi connectivity index (χ1v) is 12.9. The van der Waals surface area contributed by atoms with Crippen molar-refractivity contribution >= 4 is 23.9 Å². The molecule has 2 aliphatic rings. The molecule has 1 N–H and O–H groups in total. The van der Waals surface area contributed by atoms with Crippen LogP contribution in [0.4, 0.5) is 0 Å². The summed E-state index contributed by atoms with van der Waals surface area (Å²) in [6.45, 7) is 3.33. The number of nitrogens with one attached hydrogen (secondary N) is 1. The van der Waals surface area contributed by atoms with Crippen molar-refractivity contribution in [3.63, 3.8) is 0 Å². The molecule has 0 aromatic heterocycles. The van der Waals surface area contributed by atoms with Gasteiger partial charge < -0.3 is 29.2 Å². The highest BCUT2D eigenvalue weighted by atomic mass is 16.5. The Morgan fingerprint density at radius 1 is 0.868 bits per heavy atom. The molecule has 38 heavy (non-hydrogen) atoms. The smallest absolute Gasteiger partial charge is 0.355 e. The standard InChI is InChI=1S/C28H36N2O8/c1-5-37-26(32)21-22(29-19-15-11-8-12-16-19)20(25(31)35-3)23(27(33)36-4)30(24(21)28(34)38-6-2)17-18-13-9-7-10-14-18/h7,9-10,13-14,19,23,29H,5-6,8,11-12,15-17H2,1-4H3. The van der Waals surface area contributed by atoms with Crippen LogP contribution in [0.25, 0.3) is 0 Å². The molecule has 1 aliphatic heterocycles. The number of methoxy groups -OCH3 is 2. The molecule has 0 bridgehead atoms. The summed E-state index contributed by atoms with van der Waals surface area (Å²) in [5.41, 5.74) is 0.268. The third kappa shape index (κ3) is 6.35. The molecule has 0 spiro atoms. The molecule has 1 aromatic rings. The van der Waals surface area contributed by atoms with Crippen LogP contribution in [0.15, 0.2) is 52.9 Å². The van der Waals surface area contributed by atoms with Crippen LogP contribution in [0.2, 0.25) is 0 Å². The van der Waals surface area contributed by atoms with Crippen molar-refractivity contribution in [1.29, 1.82) is 0 Å². The number of ether oxygens (including phenoxy) is 4. The minimum Gasteiger partial charge on any atom is -0.467 e. The maximum Gasteiger partial charge on any atom is 0.355 e. The summed E-state index contributed by atoms with van der Waals surface area (Å²) in [7, 11) is 2.39. The fourth-order valence-electron chi connectivity index (χ4n) is 4.87. The first-order chi connectivity index (χ1) is 18.4. The number of hydrogen-bond acceptors (Lipinski definition) is 10. The molecule has 1 aromatic carbocycles. The van der Waals surface area contributed by atoms with Crippen LogP contribution in [-0.4, -0.2) is 68.3 Å². The number of nitrogens with zero attached hydrogens (tertiary/aromatic N) is 1. The minimum absolute atomic E-state index is 0.00510. The minimum atomic E-state index is -1.39. The molecule has 206 valence electrons. The van der Waals surface area contributed by atoms with Crippen LogP contribution in [-0.2, 0) is 44.7 Å². The summed E-state index contributed by atoms with van der Waals surface area (Å²) in [4.78, 5) is 55.1. The molecule has 0 saturated heterocycles. The highest BCUT2D eigenvalue weighted by Crippen LogP contribution is 2.36. The van der Waals surface area contributed by atoms with Gasteiger partial charge in [0.15, 0.2) is 6.04 Å². The van der Waals surface area contributed by atoms with Crippen LogP contribution < -0.4 is 5.32 Å². The average molecular weight is 529 g/mol. The van der Waals surface area contributed by atoms with E-state index in [0.717, 1.165) is 37.7 Å². The Morgan fingerprint density at radius 3 is 2.08 bits per heavy atom. The molecule has 0 radical (unpaired) electrons. The van der Waals surface area contributed by atoms with Crippen molar-refractivity contribution in [2.24, 2.45) is 0 Å². The highest BCUT2D eigenvalue weighted by Gasteiger charge is 2.48. The fraction of sp³-hybridized carbons (Fsp3) is 0.500. The van der Waals surface area contributed by atoms with Crippen molar-refractivity contribution in [2.75, 3.05) is 27.4 Å². The maximum absolute atomic E-state index is 13.5. The molecule has 3 rings (SSSR count). The van der Waals surface area contributed by atoms with Crippen molar-refractivity contribution in [1.82, 2.24) is 10.2 Å². The monoisotopic (exact) mass is 528 g/mol. The van der Waals surface area contributed by atoms with Crippen LogP contribution >= 0.6 is 0 Å². The summed E-state index contributed by atoms with van der Waals surface area (Å²) in [6, 6.07) is 7.56. The predicted molar refractivity (Wildman–Crippen MR) is 137 cm³/mol. The lowest BCUT2D eigenvalue weighted by Crippen LogP contribution is -2.52. The second-order valence-corrected chi connectivity index (χ2v) is 8.96. The van der Waals surface area contributed by atoms with Gasteiger partial charge in [0.1, 0.15) is 11.3 Å². The van der Waals surface area contributed by atoms with Crippen LogP contribution in [0.5, 0.6) is 0 Å². The molecular weight excluding hydrogens is 492 g/mol. The summed E-state index contributed by atoms with van der Waals surface area (Å²) in [6.07, 6.45) is 4.58. The molecule has 1 heterocycles. The van der Waals surface area contributed by atoms with E-state index in [1.807, 2.05) is 6.07 Å². The summed E-state index contributed by atoms with van der Waals surface area (Å²) >= 11 is 0. The fourth-order valence-corrected chi connectivity index (χ4v) is 4.87. The van der Waals surface area contributed by atoms with E-state index in [9.17, 15) is 19.2 Å². The van der Waals surface area contributed by atoms with Crippen molar-refractivity contribution < 1.29 is 38.1 Å². The van der Waals surface area contributed by atoms with Gasteiger partial charge in [0.2, 0.25) is 0 Å². The van der Waals surface area contributed by atoms with E-state index >= 15 is 0 Å². The number of rotatable bonds is 10. The second kappa shape index (κ2) is 13.6. The van der Waals surface area contributed by atoms with Gasteiger partial charge in [0.25, 0.3) is 0 Å². The zero-order valence-electron chi connectivity index (χ0n) is 22.4. The topological polar surface area (TPSA) is 120 Å². The Balaban J connectivity index is 2.36. The zero-order valence-corrected chi connectivity index (χ0v) is 22.4. The average Bonchev–Trinajstić information content (AvgIpc) is 2.93. The van der Waals surface area contributed by atoms with Gasteiger partial charge in [-0.2, -0.15) is 0 Å². The van der Waals surface area contributed by atoms with E-state index < -0.39 is 29.9 Å². The number of benzene rings is 1. The van der Waals surface area contributed by atoms with E-state index in [2.05, 4.69) is 5.32 Å². The summed E-state index contributed by atoms with van der Waals surface area (Å²) in [5.74, 6) is -3.28. The first-order valence-electron chi connectivity index (χ1n) is 12.9. The summed E-state index contributed by atoms with van der Waals surface area (Å²) in [5, 5.41) is 3.31. The molecular formula is C28H36N2O8. The quantitative estimate of drug-likeness (QED) is 0.358. The van der Waals surface area contributed by atoms with E-state index in [1.165, 1.54) is 19.1 Å². The normalized spacial score (nSPS) is 18.1. The van der Waals surface area contributed by atoms with Gasteiger partial charge in [-0.3, -0.25) is 0 Å². The zero-order chi connectivity index (χ0) is 27.7. The Hall–Kier alpha value is -3.82. The van der Waals surface area contributed by atoms with E-state index in [4.69, 9.17) is 18.9 Å². The highest BCUT2D eigenvalue weighted by molar-refractivity contribution is 6.09. The Labute approximate surface area is 222 Å². The molecule has 1 saturated carbocycles. The third-order valence-electron chi connectivity index (χ3n) is 6.56. The third-order valence-corrected chi connectivity index (χ3v) is 6.56. The van der Waals surface area contributed by atoms with Gasteiger partial charge in [-0.25, -0.2) is 19.2 Å². The molecule has 1 atom stereocenters. The van der Waals surface area contributed by atoms with Crippen LogP contribution in [0.1, 0.15) is 51.5 Å². The predicted octanol–water partition coefficient (Wildman–Crippen LogP) is 2.77. The Morgan fingerprint density at radius 2 is 1.50 bits per heavy atom. The first kappa shape index (κ1) is 28.7. The van der Waals surface area contributed by atoms with Gasteiger partial charge >= 0.3 is 23.9 Å². The molecule has 1 unspecified atom stereocenters. The molecule has 10 heteroatoms. The SMILES string of the molecule is CCOC(=O)C1=C(C(=O)OCC)N(Cc2ccccc2)C(C(=O)OC)C(C(=O)OC)=C1NC1CCCCC1. The molecule has 1 aliphatic carbocycles. The van der Waals surface area contributed by atoms with E-state index in [-0.39, 0.29) is 48.3 Å². The number of hydrogen-bond donors (Lipinski definition) is 1. The van der Waals surface area contributed by atoms with Gasteiger partial charge in [0.05, 0.1) is 38.7 Å². The van der Waals surface area contributed by atoms with Gasteiger partial charge in [-0.15, -0.1) is 0 Å². The molecule has 1 fully saturated rings. The van der Waals surface area contributed by atoms with Gasteiger partial charge in [0, 0.05) is 12.6 Å². The van der Waals surface area contributed by atoms with E-state index in [1.54, 1.807) is 38.1 Å². The Kier molecular flexibility index (Phi) is 10.3. The lowest BCUT2D eigenvalue weighted by Gasteiger charge is -2.40. The van der Waals surface area contributed by atoms with Crippen molar-refractivity contribution in [2.45, 2.75) is 64.6 Å². The number of carbonyl (C=O) groups excluding carboxylic acids is 4.